The molecule has 1 amide bonds. The van der Waals surface area contributed by atoms with E-state index < -0.39 is 12.0 Å². The average Bonchev–Trinajstić information content (AvgIpc) is 2.98. The van der Waals surface area contributed by atoms with Gasteiger partial charge in [0, 0.05) is 53.3 Å². The number of fused-ring (bicyclic) bond motifs is 5. The van der Waals surface area contributed by atoms with E-state index in [-0.39, 0.29) is 35.3 Å². The lowest BCUT2D eigenvalue weighted by Crippen LogP contribution is -2.62. The smallest absolute Gasteiger partial charge is 0.246 e. The summed E-state index contributed by atoms with van der Waals surface area (Å²) in [6.07, 6.45) is 3.54. The maximum absolute atomic E-state index is 15.3. The number of nitrogens with zero attached hydrogens (tertiary/aromatic N) is 4. The number of benzene rings is 2. The lowest BCUT2D eigenvalue weighted by molar-refractivity contribution is -0.129. The van der Waals surface area contributed by atoms with Crippen LogP contribution in [0.1, 0.15) is 62.2 Å². The SMILES string of the molecule is C=CC(=O)N1CC2COc3c(Cl)c(-c4c(C)ccnc4C(C)C)c4c(c3N2CC1C)C=C(C)N(c1c(O)cccc1F)C4O. The minimum Gasteiger partial charge on any atom is -0.506 e. The second kappa shape index (κ2) is 11.1. The minimum absolute atomic E-state index is 0.0269. The van der Waals surface area contributed by atoms with Crippen LogP contribution in [0, 0.1) is 12.7 Å². The van der Waals surface area contributed by atoms with Crippen molar-refractivity contribution in [3.05, 3.63) is 82.0 Å². The number of aromatic nitrogens is 1. The van der Waals surface area contributed by atoms with Gasteiger partial charge in [0.15, 0.2) is 17.8 Å². The maximum atomic E-state index is 15.3. The molecule has 8 nitrogen and oxygen atoms in total. The van der Waals surface area contributed by atoms with Gasteiger partial charge in [0.2, 0.25) is 5.91 Å². The molecule has 2 aromatic carbocycles. The summed E-state index contributed by atoms with van der Waals surface area (Å²) < 4.78 is 21.7. The Bertz CT molecular complexity index is 1700. The number of piperazine rings is 1. The van der Waals surface area contributed by atoms with E-state index in [0.717, 1.165) is 16.8 Å². The van der Waals surface area contributed by atoms with E-state index in [0.29, 0.717) is 58.5 Å². The van der Waals surface area contributed by atoms with E-state index in [1.165, 1.54) is 29.2 Å². The van der Waals surface area contributed by atoms with Crippen molar-refractivity contribution >= 4 is 35.0 Å². The highest BCUT2D eigenvalue weighted by Crippen LogP contribution is 2.56. The van der Waals surface area contributed by atoms with E-state index in [1.807, 2.05) is 39.8 Å². The van der Waals surface area contributed by atoms with Crippen molar-refractivity contribution in [3.8, 4) is 22.6 Å². The third-order valence-corrected chi connectivity index (χ3v) is 9.24. The van der Waals surface area contributed by atoms with Crippen LogP contribution >= 0.6 is 11.6 Å². The van der Waals surface area contributed by atoms with Crippen molar-refractivity contribution in [1.82, 2.24) is 9.88 Å². The molecule has 0 spiro atoms. The number of hydrogen-bond acceptors (Lipinski definition) is 7. The first-order valence-corrected chi connectivity index (χ1v) is 15.1. The van der Waals surface area contributed by atoms with Crippen molar-refractivity contribution in [3.63, 3.8) is 0 Å². The van der Waals surface area contributed by atoms with Gasteiger partial charge >= 0.3 is 0 Å². The average molecular weight is 619 g/mol. The molecule has 6 rings (SSSR count). The molecule has 3 unspecified atom stereocenters. The van der Waals surface area contributed by atoms with Crippen molar-refractivity contribution in [2.24, 2.45) is 0 Å². The molecule has 3 atom stereocenters. The number of phenols is 1. The van der Waals surface area contributed by atoms with Crippen molar-refractivity contribution in [1.29, 1.82) is 0 Å². The first kappa shape index (κ1) is 30.0. The van der Waals surface area contributed by atoms with E-state index >= 15 is 4.39 Å². The molecular formula is C34H36ClFN4O4. The predicted octanol–water partition coefficient (Wildman–Crippen LogP) is 6.53. The molecule has 230 valence electrons. The zero-order valence-corrected chi connectivity index (χ0v) is 26.2. The maximum Gasteiger partial charge on any atom is 0.246 e. The van der Waals surface area contributed by atoms with Gasteiger partial charge in [0.1, 0.15) is 18.0 Å². The number of phenolic OH excluding ortho intramolecular Hbond substituents is 1. The van der Waals surface area contributed by atoms with Crippen LogP contribution in [-0.4, -0.2) is 57.8 Å². The van der Waals surface area contributed by atoms with Crippen LogP contribution in [0.2, 0.25) is 5.02 Å². The lowest BCUT2D eigenvalue weighted by atomic mass is 9.84. The van der Waals surface area contributed by atoms with Gasteiger partial charge in [-0.25, -0.2) is 4.39 Å². The number of carbonyl (C=O) groups is 1. The fourth-order valence-electron chi connectivity index (χ4n) is 6.84. The topological polar surface area (TPSA) is 89.4 Å². The number of para-hydroxylation sites is 1. The molecule has 1 saturated heterocycles. The van der Waals surface area contributed by atoms with Gasteiger partial charge in [0.25, 0.3) is 0 Å². The quantitative estimate of drug-likeness (QED) is 0.321. The molecule has 0 saturated carbocycles. The largest absolute Gasteiger partial charge is 0.506 e. The van der Waals surface area contributed by atoms with Gasteiger partial charge in [0.05, 0.1) is 22.4 Å². The number of allylic oxidation sites excluding steroid dienone is 1. The monoisotopic (exact) mass is 618 g/mol. The number of hydrogen-bond donors (Lipinski definition) is 2. The molecule has 4 heterocycles. The Morgan fingerprint density at radius 3 is 2.64 bits per heavy atom. The number of halogens is 2. The van der Waals surface area contributed by atoms with Crippen LogP contribution in [-0.2, 0) is 4.79 Å². The molecule has 0 bridgehead atoms. The van der Waals surface area contributed by atoms with E-state index in [9.17, 15) is 15.0 Å². The predicted molar refractivity (Wildman–Crippen MR) is 171 cm³/mol. The number of aliphatic hydroxyl groups excluding tert-OH is 1. The van der Waals surface area contributed by atoms with Crippen LogP contribution in [0.15, 0.2) is 48.8 Å². The molecule has 1 fully saturated rings. The molecule has 2 N–H and O–H groups in total. The van der Waals surface area contributed by atoms with Crippen LogP contribution in [0.3, 0.4) is 0 Å². The van der Waals surface area contributed by atoms with E-state index in [2.05, 4.69) is 11.5 Å². The Morgan fingerprint density at radius 2 is 1.95 bits per heavy atom. The first-order chi connectivity index (χ1) is 21.0. The second-order valence-electron chi connectivity index (χ2n) is 12.0. The fourth-order valence-corrected chi connectivity index (χ4v) is 7.18. The molecular weight excluding hydrogens is 583 g/mol. The van der Waals surface area contributed by atoms with Gasteiger partial charge in [-0.15, -0.1) is 0 Å². The summed E-state index contributed by atoms with van der Waals surface area (Å²) in [6.45, 7) is 14.7. The Morgan fingerprint density at radius 1 is 1.20 bits per heavy atom. The van der Waals surface area contributed by atoms with Crippen LogP contribution in [0.5, 0.6) is 11.5 Å². The number of aromatic hydroxyl groups is 1. The Balaban J connectivity index is 1.66. The molecule has 3 aliphatic heterocycles. The summed E-state index contributed by atoms with van der Waals surface area (Å²) in [6, 6.07) is 5.65. The standard InChI is InChI=1S/C34H36ClFN4O4/c1-7-25(42)38-15-21-16-44-33-29(35)28(26-18(4)11-12-37-30(26)17(2)3)27-22(31(33)39(21)14-20(38)6)13-19(5)40(34(27)43)32-23(36)9-8-10-24(32)41/h7-13,17,20-21,34,41,43H,1,14-16H2,2-6H3. The minimum atomic E-state index is -1.42. The summed E-state index contributed by atoms with van der Waals surface area (Å²) >= 11 is 7.34. The summed E-state index contributed by atoms with van der Waals surface area (Å²) in [4.78, 5) is 22.7. The Labute approximate surface area is 261 Å². The van der Waals surface area contributed by atoms with Gasteiger partial charge in [-0.3, -0.25) is 9.78 Å². The number of carbonyl (C=O) groups excluding carboxylic acids is 1. The van der Waals surface area contributed by atoms with Crippen LogP contribution in [0.25, 0.3) is 17.2 Å². The number of amides is 1. The third kappa shape index (κ3) is 4.52. The second-order valence-corrected chi connectivity index (χ2v) is 12.4. The van der Waals surface area contributed by atoms with Gasteiger partial charge in [-0.2, -0.15) is 0 Å². The lowest BCUT2D eigenvalue weighted by Gasteiger charge is -2.50. The molecule has 1 aromatic heterocycles. The van der Waals surface area contributed by atoms with Gasteiger partial charge in [-0.05, 0) is 62.6 Å². The molecule has 0 radical (unpaired) electrons. The number of ether oxygens (including phenoxy) is 1. The van der Waals surface area contributed by atoms with Gasteiger partial charge in [-0.1, -0.05) is 38.1 Å². The summed E-state index contributed by atoms with van der Waals surface area (Å²) in [7, 11) is 0. The van der Waals surface area contributed by atoms with Gasteiger partial charge < -0.3 is 29.6 Å². The normalized spacial score (nSPS) is 20.9. The summed E-state index contributed by atoms with van der Waals surface area (Å²) in [5, 5.41) is 23.4. The van der Waals surface area contributed by atoms with E-state index in [1.54, 1.807) is 18.0 Å². The zero-order chi connectivity index (χ0) is 31.6. The van der Waals surface area contributed by atoms with Crippen molar-refractivity contribution < 1.29 is 24.1 Å². The van der Waals surface area contributed by atoms with Crippen LogP contribution in [0.4, 0.5) is 15.8 Å². The third-order valence-electron chi connectivity index (χ3n) is 8.88. The van der Waals surface area contributed by atoms with E-state index in [4.69, 9.17) is 21.3 Å². The number of pyridine rings is 1. The molecule has 10 heteroatoms. The number of rotatable bonds is 4. The number of anilines is 2. The van der Waals surface area contributed by atoms with Crippen molar-refractivity contribution in [2.75, 3.05) is 29.5 Å². The zero-order valence-electron chi connectivity index (χ0n) is 25.4. The highest BCUT2D eigenvalue weighted by Gasteiger charge is 2.44. The Hall–Kier alpha value is -4.08. The van der Waals surface area contributed by atoms with Crippen molar-refractivity contribution in [2.45, 2.75) is 58.8 Å². The molecule has 44 heavy (non-hydrogen) atoms. The Kier molecular flexibility index (Phi) is 7.58. The molecule has 0 aliphatic carbocycles. The first-order valence-electron chi connectivity index (χ1n) is 14.8. The highest BCUT2D eigenvalue weighted by molar-refractivity contribution is 6.36. The fraction of sp³-hybridized carbons (Fsp3) is 0.353. The molecule has 3 aromatic rings. The summed E-state index contributed by atoms with van der Waals surface area (Å²) in [5.41, 5.74) is 5.28. The van der Waals surface area contributed by atoms with Crippen LogP contribution < -0.4 is 14.5 Å². The highest BCUT2D eigenvalue weighted by atomic mass is 35.5. The summed E-state index contributed by atoms with van der Waals surface area (Å²) in [5.74, 6) is -0.598. The number of aliphatic hydroxyl groups is 1. The number of aryl methyl sites for hydroxylation is 1. The molecule has 3 aliphatic rings.